The summed E-state index contributed by atoms with van der Waals surface area (Å²) in [6, 6.07) is 93.8. The molecule has 12 aromatic carbocycles. The van der Waals surface area contributed by atoms with Crippen LogP contribution in [-0.4, -0.2) is 0 Å². The molecule has 3 nitrogen and oxygen atoms in total. The van der Waals surface area contributed by atoms with E-state index in [0.29, 0.717) is 0 Å². The first kappa shape index (κ1) is 51.0. The molecule has 0 fully saturated rings. The van der Waals surface area contributed by atoms with Crippen LogP contribution in [0, 0.1) is 13.8 Å². The third-order valence-electron chi connectivity index (χ3n) is 16.1. The van der Waals surface area contributed by atoms with E-state index in [9.17, 15) is 0 Å². The molecule has 13 rings (SSSR count). The Morgan fingerprint density at radius 2 is 0.654 bits per heavy atom. The van der Waals surface area contributed by atoms with Crippen molar-refractivity contribution in [3.8, 4) is 44.5 Å². The lowest BCUT2D eigenvalue weighted by Crippen LogP contribution is -2.20. The topological polar surface area (TPSA) is 19.6 Å². The van der Waals surface area contributed by atoms with E-state index < -0.39 is 0 Å². The van der Waals surface area contributed by atoms with Gasteiger partial charge in [-0.15, -0.1) is 0 Å². The monoisotopic (exact) mass is 1050 g/mol. The number of hydrogen-bond acceptors (Lipinski definition) is 3. The van der Waals surface area contributed by atoms with Gasteiger partial charge in [0.15, 0.2) is 0 Å². The minimum Gasteiger partial charge on any atom is -0.456 e. The molecule has 0 atom stereocenters. The van der Waals surface area contributed by atoms with Gasteiger partial charge in [0.2, 0.25) is 0 Å². The summed E-state index contributed by atoms with van der Waals surface area (Å²) in [5.74, 6) is 0. The molecule has 0 spiro atoms. The van der Waals surface area contributed by atoms with Crippen molar-refractivity contribution in [3.05, 3.63) is 277 Å². The van der Waals surface area contributed by atoms with Gasteiger partial charge in [0.1, 0.15) is 11.2 Å². The van der Waals surface area contributed by atoms with E-state index >= 15 is 0 Å². The van der Waals surface area contributed by atoms with Crippen molar-refractivity contribution in [1.29, 1.82) is 0 Å². The molecular formula is C78H66N2O. The lowest BCUT2D eigenvalue weighted by atomic mass is 9.82. The van der Waals surface area contributed by atoms with Crippen molar-refractivity contribution in [3.63, 3.8) is 0 Å². The molecule has 0 saturated heterocycles. The fourth-order valence-electron chi connectivity index (χ4n) is 12.1. The zero-order valence-corrected chi connectivity index (χ0v) is 47.6. The Bertz CT molecular complexity index is 4200. The predicted octanol–water partition coefficient (Wildman–Crippen LogP) is 22.7. The van der Waals surface area contributed by atoms with Crippen molar-refractivity contribution in [2.75, 3.05) is 9.80 Å². The maximum Gasteiger partial charge on any atom is 0.136 e. The lowest BCUT2D eigenvalue weighted by molar-refractivity contribution is 0.591. The van der Waals surface area contributed by atoms with Crippen molar-refractivity contribution in [2.24, 2.45) is 0 Å². The molecule has 0 aliphatic carbocycles. The highest BCUT2D eigenvalue weighted by Crippen LogP contribution is 2.52. The second-order valence-electron chi connectivity index (χ2n) is 23.9. The highest BCUT2D eigenvalue weighted by atomic mass is 16.3. The molecule has 0 amide bonds. The lowest BCUT2D eigenvalue weighted by Gasteiger charge is -2.35. The van der Waals surface area contributed by atoms with Crippen molar-refractivity contribution >= 4 is 77.6 Å². The van der Waals surface area contributed by atoms with E-state index in [1.807, 2.05) is 0 Å². The molecule has 13 aromatic rings. The summed E-state index contributed by atoms with van der Waals surface area (Å²) >= 11 is 0. The molecule has 81 heavy (non-hydrogen) atoms. The molecule has 0 bridgehead atoms. The van der Waals surface area contributed by atoms with Crippen LogP contribution < -0.4 is 9.80 Å². The van der Waals surface area contributed by atoms with Crippen LogP contribution in [0.3, 0.4) is 0 Å². The number of furan rings is 1. The van der Waals surface area contributed by atoms with Crippen LogP contribution in [0.2, 0.25) is 0 Å². The Morgan fingerprint density at radius 1 is 0.296 bits per heavy atom. The summed E-state index contributed by atoms with van der Waals surface area (Å²) in [5, 5.41) is 6.72. The molecule has 1 aromatic heterocycles. The van der Waals surface area contributed by atoms with E-state index in [2.05, 4.69) is 320 Å². The minimum atomic E-state index is -0.178. The number of anilines is 6. The smallest absolute Gasteiger partial charge is 0.136 e. The fourth-order valence-corrected chi connectivity index (χ4v) is 12.1. The molecule has 0 N–H and O–H groups in total. The van der Waals surface area contributed by atoms with Crippen LogP contribution in [0.15, 0.2) is 259 Å². The minimum absolute atomic E-state index is 0.178. The van der Waals surface area contributed by atoms with Crippen LogP contribution >= 0.6 is 0 Å². The summed E-state index contributed by atoms with van der Waals surface area (Å²) in [5.41, 5.74) is 22.4. The third-order valence-corrected chi connectivity index (χ3v) is 16.1. The summed E-state index contributed by atoms with van der Waals surface area (Å²) in [6.07, 6.45) is 0. The number of benzene rings is 12. The van der Waals surface area contributed by atoms with Gasteiger partial charge in [-0.3, -0.25) is 0 Å². The van der Waals surface area contributed by atoms with Gasteiger partial charge in [0.25, 0.3) is 0 Å². The Labute approximate surface area is 477 Å². The summed E-state index contributed by atoms with van der Waals surface area (Å²) in [6.45, 7) is 18.3. The Kier molecular flexibility index (Phi) is 12.8. The SMILES string of the molecule is Cc1ccc(-c2ccccc2)c(N(c2ccc3cc4c(cc3c2)oc2cc3cc(N(c5cc(C)ccc5-c5ccccc5)c5c(-c6ccccc6)cccc5C(C)(C)C)ccc3cc24)c2c(-c3ccccc3)cccc2C(C)(C)C)c1. The standard InChI is InChI=1S/C78H66N2O/c1-51-35-41-63(53-23-13-9-14-24-53)71(43-51)79(75-65(55-27-17-11-18-28-55)31-21-33-69(75)77(3,4)5)61-39-37-57-47-67-68-48-58-38-40-62(46-60(58)50-74(68)81-73(67)49-59(57)45-61)80(72-44-52(2)36-42-64(72)54-25-15-10-16-26-54)76-66(56-29-19-12-20-30-56)32-22-34-70(76)78(6,7)8/h9-50H,1-8H3. The van der Waals surface area contributed by atoms with Gasteiger partial charge in [0.05, 0.1) is 22.7 Å². The quantitative estimate of drug-likeness (QED) is 0.136. The number of rotatable bonds is 10. The van der Waals surface area contributed by atoms with Gasteiger partial charge in [-0.1, -0.05) is 236 Å². The maximum absolute atomic E-state index is 7.05. The molecule has 0 radical (unpaired) electrons. The van der Waals surface area contributed by atoms with Gasteiger partial charge in [-0.25, -0.2) is 0 Å². The second-order valence-corrected chi connectivity index (χ2v) is 23.9. The number of hydrogen-bond donors (Lipinski definition) is 0. The first-order chi connectivity index (χ1) is 39.2. The predicted molar refractivity (Wildman–Crippen MR) is 347 cm³/mol. The zero-order chi connectivity index (χ0) is 55.6. The van der Waals surface area contributed by atoms with E-state index in [1.165, 1.54) is 78.1 Å². The first-order valence-corrected chi connectivity index (χ1v) is 28.4. The third kappa shape index (κ3) is 9.53. The average molecular weight is 1050 g/mol. The van der Waals surface area contributed by atoms with Gasteiger partial charge in [0, 0.05) is 44.4 Å². The van der Waals surface area contributed by atoms with Crippen LogP contribution in [-0.2, 0) is 10.8 Å². The van der Waals surface area contributed by atoms with Gasteiger partial charge in [-0.05, 0) is 151 Å². The van der Waals surface area contributed by atoms with Crippen molar-refractivity contribution in [2.45, 2.75) is 66.2 Å². The van der Waals surface area contributed by atoms with E-state index in [4.69, 9.17) is 4.42 Å². The molecule has 0 unspecified atom stereocenters. The number of nitrogens with zero attached hydrogens (tertiary/aromatic N) is 2. The molecule has 0 aliphatic heterocycles. The van der Waals surface area contributed by atoms with Gasteiger partial charge < -0.3 is 14.2 Å². The average Bonchev–Trinajstić information content (AvgIpc) is 4.02. The normalized spacial score (nSPS) is 12.0. The summed E-state index contributed by atoms with van der Waals surface area (Å²) in [4.78, 5) is 5.05. The van der Waals surface area contributed by atoms with Crippen LogP contribution in [0.4, 0.5) is 34.1 Å². The van der Waals surface area contributed by atoms with Gasteiger partial charge in [-0.2, -0.15) is 0 Å². The summed E-state index contributed by atoms with van der Waals surface area (Å²) in [7, 11) is 0. The second kappa shape index (κ2) is 20.3. The van der Waals surface area contributed by atoms with E-state index in [-0.39, 0.29) is 10.8 Å². The molecule has 0 saturated carbocycles. The van der Waals surface area contributed by atoms with Crippen LogP contribution in [0.1, 0.15) is 63.8 Å². The zero-order valence-electron chi connectivity index (χ0n) is 47.6. The highest BCUT2D eigenvalue weighted by Gasteiger charge is 2.31. The van der Waals surface area contributed by atoms with Crippen LogP contribution in [0.5, 0.6) is 0 Å². The molecule has 1 heterocycles. The largest absolute Gasteiger partial charge is 0.456 e. The molecule has 394 valence electrons. The van der Waals surface area contributed by atoms with E-state index in [0.717, 1.165) is 66.2 Å². The maximum atomic E-state index is 7.05. The first-order valence-electron chi connectivity index (χ1n) is 28.4. The number of fused-ring (bicyclic) bond motifs is 5. The fraction of sp³-hybridized carbons (Fsp3) is 0.128. The molecule has 0 aliphatic rings. The number of para-hydroxylation sites is 2. The van der Waals surface area contributed by atoms with E-state index in [1.54, 1.807) is 0 Å². The number of aryl methyl sites for hydroxylation is 2. The van der Waals surface area contributed by atoms with Crippen molar-refractivity contribution < 1.29 is 4.42 Å². The summed E-state index contributed by atoms with van der Waals surface area (Å²) < 4.78 is 7.05. The molecule has 3 heteroatoms. The Balaban J connectivity index is 1.00. The highest BCUT2D eigenvalue weighted by molar-refractivity contribution is 6.14. The van der Waals surface area contributed by atoms with Gasteiger partial charge >= 0.3 is 0 Å². The Morgan fingerprint density at radius 3 is 1.01 bits per heavy atom. The molecular weight excluding hydrogens is 981 g/mol. The Hall–Kier alpha value is -9.44. The van der Waals surface area contributed by atoms with Crippen LogP contribution in [0.25, 0.3) is 88.0 Å². The van der Waals surface area contributed by atoms with Crippen molar-refractivity contribution in [1.82, 2.24) is 0 Å².